The largest absolute Gasteiger partial charge is 0.364 e. The molecule has 2 N–H and O–H groups in total. The van der Waals surface area contributed by atoms with Gasteiger partial charge in [-0.1, -0.05) is 20.8 Å². The van der Waals surface area contributed by atoms with Gasteiger partial charge in [-0.05, 0) is 44.1 Å². The third-order valence-electron chi connectivity index (χ3n) is 3.09. The van der Waals surface area contributed by atoms with E-state index in [2.05, 4.69) is 73.6 Å². The average Bonchev–Trinajstić information content (AvgIpc) is 2.73. The smallest absolute Gasteiger partial charge is 0.226 e. The van der Waals surface area contributed by atoms with Crippen LogP contribution in [0.2, 0.25) is 0 Å². The van der Waals surface area contributed by atoms with Gasteiger partial charge in [0, 0.05) is 12.1 Å². The summed E-state index contributed by atoms with van der Waals surface area (Å²) in [6.07, 6.45) is 1.06. The van der Waals surface area contributed by atoms with Gasteiger partial charge in [0.25, 0.3) is 0 Å². The predicted octanol–water partition coefficient (Wildman–Crippen LogP) is 4.75. The summed E-state index contributed by atoms with van der Waals surface area (Å²) < 4.78 is 0. The van der Waals surface area contributed by atoms with Gasteiger partial charge >= 0.3 is 0 Å². The normalized spacial score (nSPS) is 12.7. The number of hydrogen-bond donors (Lipinski definition) is 2. The van der Waals surface area contributed by atoms with E-state index < -0.39 is 0 Å². The lowest BCUT2D eigenvalue weighted by molar-refractivity contribution is 0.302. The second-order valence-electron chi connectivity index (χ2n) is 7.31. The van der Waals surface area contributed by atoms with Crippen LogP contribution in [0.1, 0.15) is 48.0 Å². The summed E-state index contributed by atoms with van der Waals surface area (Å²) >= 11 is 1.65. The minimum absolute atomic E-state index is 0.0229. The van der Waals surface area contributed by atoms with E-state index in [0.717, 1.165) is 29.0 Å². The molecule has 5 heteroatoms. The zero-order valence-electron chi connectivity index (χ0n) is 13.9. The summed E-state index contributed by atoms with van der Waals surface area (Å²) in [4.78, 5) is 10.2. The van der Waals surface area contributed by atoms with Crippen molar-refractivity contribution in [2.75, 3.05) is 17.2 Å². The molecule has 0 unspecified atom stereocenters. The topological polar surface area (TPSA) is 49.8 Å². The number of thiophene rings is 1. The van der Waals surface area contributed by atoms with Crippen molar-refractivity contribution in [1.29, 1.82) is 0 Å². The van der Waals surface area contributed by atoms with E-state index in [1.165, 1.54) is 0 Å². The van der Waals surface area contributed by atoms with E-state index in [4.69, 9.17) is 0 Å². The summed E-state index contributed by atoms with van der Waals surface area (Å²) in [5.41, 5.74) is 0.243. The molecule has 0 atom stereocenters. The molecule has 0 aliphatic carbocycles. The molecule has 0 aliphatic rings. The van der Waals surface area contributed by atoms with Crippen molar-refractivity contribution < 1.29 is 0 Å². The Morgan fingerprint density at radius 1 is 1.14 bits per heavy atom. The molecule has 21 heavy (non-hydrogen) atoms. The lowest BCUT2D eigenvalue weighted by Gasteiger charge is -2.34. The molecule has 116 valence electrons. The van der Waals surface area contributed by atoms with Crippen molar-refractivity contribution in [3.8, 4) is 0 Å². The van der Waals surface area contributed by atoms with Crippen LogP contribution in [0.3, 0.4) is 0 Å². The van der Waals surface area contributed by atoms with Gasteiger partial charge in [-0.15, -0.1) is 11.3 Å². The van der Waals surface area contributed by atoms with Gasteiger partial charge < -0.3 is 10.6 Å². The lowest BCUT2D eigenvalue weighted by atomic mass is 9.82. The van der Waals surface area contributed by atoms with E-state index in [0.29, 0.717) is 5.95 Å². The van der Waals surface area contributed by atoms with Crippen molar-refractivity contribution in [3.63, 3.8) is 0 Å². The number of nitrogens with zero attached hydrogens (tertiary/aromatic N) is 2. The SMILES string of the molecule is CCNc1nc(NC(C)(C)CC(C)(C)C)c2ccsc2n1. The molecule has 2 rings (SSSR count). The Hall–Kier alpha value is -1.36. The summed E-state index contributed by atoms with van der Waals surface area (Å²) in [6.45, 7) is 14.1. The standard InChI is InChI=1S/C16H26N4S/c1-7-17-14-18-12(11-8-9-21-13(11)19-14)20-16(5,6)10-15(2,3)4/h8-9H,7,10H2,1-6H3,(H2,17,18,19,20). The molecular weight excluding hydrogens is 280 g/mol. The number of aromatic nitrogens is 2. The van der Waals surface area contributed by atoms with Crippen LogP contribution in [0.5, 0.6) is 0 Å². The molecule has 0 saturated heterocycles. The molecule has 4 nitrogen and oxygen atoms in total. The monoisotopic (exact) mass is 306 g/mol. The fourth-order valence-corrected chi connectivity index (χ4v) is 3.64. The second kappa shape index (κ2) is 5.79. The zero-order valence-corrected chi connectivity index (χ0v) is 14.7. The molecule has 0 radical (unpaired) electrons. The van der Waals surface area contributed by atoms with Gasteiger partial charge in [-0.2, -0.15) is 4.98 Å². The van der Waals surface area contributed by atoms with E-state index in [-0.39, 0.29) is 11.0 Å². The van der Waals surface area contributed by atoms with Crippen LogP contribution < -0.4 is 10.6 Å². The highest BCUT2D eigenvalue weighted by Gasteiger charge is 2.26. The summed E-state index contributed by atoms with van der Waals surface area (Å²) in [6, 6.07) is 2.09. The van der Waals surface area contributed by atoms with Crippen molar-refractivity contribution in [2.24, 2.45) is 5.41 Å². The molecule has 2 aromatic heterocycles. The molecule has 0 fully saturated rings. The van der Waals surface area contributed by atoms with Gasteiger partial charge in [-0.25, -0.2) is 4.98 Å². The van der Waals surface area contributed by atoms with E-state index in [9.17, 15) is 0 Å². The quantitative estimate of drug-likeness (QED) is 0.837. The molecule has 0 aliphatic heterocycles. The van der Waals surface area contributed by atoms with E-state index >= 15 is 0 Å². The first-order valence-electron chi connectivity index (χ1n) is 7.47. The van der Waals surface area contributed by atoms with Crippen molar-refractivity contribution in [3.05, 3.63) is 11.4 Å². The molecule has 0 spiro atoms. The highest BCUT2D eigenvalue weighted by atomic mass is 32.1. The Balaban J connectivity index is 2.34. The first kappa shape index (κ1) is 16.0. The first-order valence-corrected chi connectivity index (χ1v) is 8.35. The average molecular weight is 306 g/mol. The first-order chi connectivity index (χ1) is 9.70. The van der Waals surface area contributed by atoms with Crippen LogP contribution in [0.4, 0.5) is 11.8 Å². The summed E-state index contributed by atoms with van der Waals surface area (Å²) in [5.74, 6) is 1.62. The molecule has 2 heterocycles. The zero-order chi connectivity index (χ0) is 15.7. The molecule has 2 aromatic rings. The number of nitrogens with one attached hydrogen (secondary N) is 2. The highest BCUT2D eigenvalue weighted by Crippen LogP contribution is 2.33. The van der Waals surface area contributed by atoms with Crippen molar-refractivity contribution >= 4 is 33.3 Å². The van der Waals surface area contributed by atoms with Crippen LogP contribution in [0, 0.1) is 5.41 Å². The van der Waals surface area contributed by atoms with E-state index in [1.54, 1.807) is 11.3 Å². The Labute approximate surface area is 131 Å². The van der Waals surface area contributed by atoms with Gasteiger partial charge in [0.2, 0.25) is 5.95 Å². The molecule has 0 bridgehead atoms. The second-order valence-corrected chi connectivity index (χ2v) is 8.21. The van der Waals surface area contributed by atoms with Crippen LogP contribution in [0.25, 0.3) is 10.2 Å². The molecular formula is C16H26N4S. The summed E-state index contributed by atoms with van der Waals surface area (Å²) in [7, 11) is 0. The molecule has 0 saturated carbocycles. The molecule has 0 amide bonds. The fourth-order valence-electron chi connectivity index (χ4n) is 2.88. The Morgan fingerprint density at radius 2 is 1.86 bits per heavy atom. The number of rotatable bonds is 5. The van der Waals surface area contributed by atoms with Gasteiger partial charge in [0.1, 0.15) is 10.6 Å². The lowest BCUT2D eigenvalue weighted by Crippen LogP contribution is -2.35. The van der Waals surface area contributed by atoms with Crippen LogP contribution in [0.15, 0.2) is 11.4 Å². The van der Waals surface area contributed by atoms with Crippen molar-refractivity contribution in [2.45, 2.75) is 53.5 Å². The minimum atomic E-state index is -0.0229. The van der Waals surface area contributed by atoms with Crippen molar-refractivity contribution in [1.82, 2.24) is 9.97 Å². The van der Waals surface area contributed by atoms with Gasteiger partial charge in [0.15, 0.2) is 0 Å². The predicted molar refractivity (Wildman–Crippen MR) is 93.4 cm³/mol. The maximum absolute atomic E-state index is 4.65. The van der Waals surface area contributed by atoms with Crippen LogP contribution >= 0.6 is 11.3 Å². The van der Waals surface area contributed by atoms with Crippen LogP contribution in [-0.4, -0.2) is 22.1 Å². The Bertz CT molecular complexity index is 610. The Morgan fingerprint density at radius 3 is 2.48 bits per heavy atom. The maximum Gasteiger partial charge on any atom is 0.226 e. The summed E-state index contributed by atoms with van der Waals surface area (Å²) in [5, 5.41) is 9.99. The van der Waals surface area contributed by atoms with Gasteiger partial charge in [0.05, 0.1) is 5.39 Å². The maximum atomic E-state index is 4.65. The minimum Gasteiger partial charge on any atom is -0.364 e. The number of anilines is 2. The highest BCUT2D eigenvalue weighted by molar-refractivity contribution is 7.16. The fraction of sp³-hybridized carbons (Fsp3) is 0.625. The van der Waals surface area contributed by atoms with E-state index in [1.807, 2.05) is 0 Å². The molecule has 0 aromatic carbocycles. The number of fused-ring (bicyclic) bond motifs is 1. The van der Waals surface area contributed by atoms with Crippen LogP contribution in [-0.2, 0) is 0 Å². The number of hydrogen-bond acceptors (Lipinski definition) is 5. The van der Waals surface area contributed by atoms with Gasteiger partial charge in [-0.3, -0.25) is 0 Å². The third kappa shape index (κ3) is 4.30. The third-order valence-corrected chi connectivity index (χ3v) is 3.90. The Kier molecular flexibility index (Phi) is 4.42.